The molecule has 0 aliphatic heterocycles. The normalized spacial score (nSPS) is 13.0. The van der Waals surface area contributed by atoms with Crippen molar-refractivity contribution in [1.82, 2.24) is 4.57 Å². The Kier molecular flexibility index (Phi) is 11.2. The molecule has 2 nitrogen and oxygen atoms in total. The summed E-state index contributed by atoms with van der Waals surface area (Å²) in [5.41, 5.74) is 20.6. The van der Waals surface area contributed by atoms with Crippen molar-refractivity contribution in [3.63, 3.8) is 0 Å². The van der Waals surface area contributed by atoms with Crippen LogP contribution in [0.5, 0.6) is 0 Å². The second-order valence-corrected chi connectivity index (χ2v) is 19.2. The number of anilines is 3. The third-order valence-electron chi connectivity index (χ3n) is 15.2. The van der Waals surface area contributed by atoms with Gasteiger partial charge in [-0.05, 0) is 157 Å². The number of para-hydroxylation sites is 1. The summed E-state index contributed by atoms with van der Waals surface area (Å²) in [4.78, 5) is 2.39. The lowest BCUT2D eigenvalue weighted by molar-refractivity contribution is 0.761. The first kappa shape index (κ1) is 44.4. The fourth-order valence-corrected chi connectivity index (χ4v) is 11.9. The van der Waals surface area contributed by atoms with Gasteiger partial charge < -0.3 is 9.47 Å². The van der Waals surface area contributed by atoms with Crippen LogP contribution in [0.3, 0.4) is 0 Å². The third-order valence-corrected chi connectivity index (χ3v) is 15.2. The summed E-state index contributed by atoms with van der Waals surface area (Å²) in [6, 6.07) is 97.7. The summed E-state index contributed by atoms with van der Waals surface area (Å²) >= 11 is 0. The molecule has 74 heavy (non-hydrogen) atoms. The van der Waals surface area contributed by atoms with Gasteiger partial charge in [-0.2, -0.15) is 0 Å². The number of rotatable bonds is 11. The highest BCUT2D eigenvalue weighted by molar-refractivity contribution is 6.13. The molecule has 0 N–H and O–H groups in total. The topological polar surface area (TPSA) is 8.17 Å². The molecule has 12 aromatic rings. The van der Waals surface area contributed by atoms with E-state index in [1.165, 1.54) is 71.6 Å². The van der Waals surface area contributed by atoms with E-state index in [1.807, 2.05) is 6.08 Å². The minimum absolute atomic E-state index is 0.532. The Bertz CT molecular complexity index is 4080. The van der Waals surface area contributed by atoms with Crippen LogP contribution in [0.15, 0.2) is 297 Å². The van der Waals surface area contributed by atoms with Gasteiger partial charge in [0.1, 0.15) is 0 Å². The molecule has 0 bridgehead atoms. The van der Waals surface area contributed by atoms with Gasteiger partial charge in [0.15, 0.2) is 0 Å². The van der Waals surface area contributed by atoms with Crippen molar-refractivity contribution in [2.24, 2.45) is 0 Å². The van der Waals surface area contributed by atoms with Crippen molar-refractivity contribution in [2.45, 2.75) is 12.3 Å². The molecule has 0 spiro atoms. The Hall–Kier alpha value is -9.50. The van der Waals surface area contributed by atoms with Crippen molar-refractivity contribution in [1.29, 1.82) is 0 Å². The smallest absolute Gasteiger partial charge is 0.0713 e. The molecule has 0 fully saturated rings. The van der Waals surface area contributed by atoms with E-state index < -0.39 is 5.41 Å². The maximum absolute atomic E-state index is 4.37. The van der Waals surface area contributed by atoms with Gasteiger partial charge in [0.2, 0.25) is 0 Å². The summed E-state index contributed by atoms with van der Waals surface area (Å²) in [6.07, 6.45) is 6.48. The molecule has 11 aromatic carbocycles. The molecule has 0 saturated carbocycles. The summed E-state index contributed by atoms with van der Waals surface area (Å²) in [7, 11) is 0. The molecule has 350 valence electrons. The number of hydrogen-bond donors (Lipinski definition) is 0. The van der Waals surface area contributed by atoms with Gasteiger partial charge in [-0.1, -0.05) is 219 Å². The second kappa shape index (κ2) is 18.6. The molecular formula is C72H52N2. The zero-order valence-corrected chi connectivity index (χ0v) is 41.2. The van der Waals surface area contributed by atoms with E-state index in [0.717, 1.165) is 50.5 Å². The van der Waals surface area contributed by atoms with Crippen molar-refractivity contribution < 1.29 is 0 Å². The fraction of sp³-hybridized carbons (Fsp3) is 0.0278. The molecule has 0 amide bonds. The molecule has 0 saturated heterocycles. The predicted molar refractivity (Wildman–Crippen MR) is 314 cm³/mol. The van der Waals surface area contributed by atoms with Crippen LogP contribution in [0.4, 0.5) is 17.1 Å². The minimum atomic E-state index is -0.532. The van der Waals surface area contributed by atoms with Gasteiger partial charge in [-0.15, -0.1) is 0 Å². The summed E-state index contributed by atoms with van der Waals surface area (Å²) in [6.45, 7) is 6.48. The van der Waals surface area contributed by atoms with Crippen molar-refractivity contribution in [2.75, 3.05) is 4.90 Å². The Morgan fingerprint density at radius 1 is 0.405 bits per heavy atom. The van der Waals surface area contributed by atoms with Crippen LogP contribution in [0, 0.1) is 0 Å². The molecule has 1 aliphatic rings. The Morgan fingerprint density at radius 3 is 1.66 bits per heavy atom. The first-order valence-corrected chi connectivity index (χ1v) is 25.6. The van der Waals surface area contributed by atoms with Gasteiger partial charge in [0.05, 0.1) is 16.4 Å². The molecule has 1 aromatic heterocycles. The molecule has 13 rings (SSSR count). The Morgan fingerprint density at radius 2 is 0.946 bits per heavy atom. The van der Waals surface area contributed by atoms with E-state index in [0.29, 0.717) is 0 Å². The molecule has 2 heteroatoms. The largest absolute Gasteiger partial charge is 0.310 e. The van der Waals surface area contributed by atoms with Crippen molar-refractivity contribution >= 4 is 55.2 Å². The third kappa shape index (κ3) is 7.34. The number of hydrogen-bond acceptors (Lipinski definition) is 1. The summed E-state index contributed by atoms with van der Waals surface area (Å²) < 4.78 is 2.44. The van der Waals surface area contributed by atoms with Crippen LogP contribution in [0.2, 0.25) is 0 Å². The van der Waals surface area contributed by atoms with E-state index in [2.05, 4.69) is 302 Å². The van der Waals surface area contributed by atoms with Crippen LogP contribution in [0.25, 0.3) is 77.2 Å². The fourth-order valence-electron chi connectivity index (χ4n) is 11.9. The van der Waals surface area contributed by atoms with Crippen LogP contribution in [0.1, 0.15) is 29.2 Å². The Labute approximate surface area is 433 Å². The van der Waals surface area contributed by atoms with Gasteiger partial charge in [0.25, 0.3) is 0 Å². The number of allylic oxidation sites excluding steroid dienone is 5. The summed E-state index contributed by atoms with van der Waals surface area (Å²) in [5.74, 6) is 0. The average Bonchev–Trinajstić information content (AvgIpc) is 3.96. The SMILES string of the molecule is C=CC1=C(/C=C\C)C(c2ccccc2)(c2ccccc2)c2cc(-c3ccc(N(c4ccccc4)c4ccc5c(c4)c4cc(-c6cccc7ccccc67)ccc4n5-c4cccc(-c5ccccc5)c4)cc3)ccc21. The van der Waals surface area contributed by atoms with Gasteiger partial charge in [-0.25, -0.2) is 0 Å². The molecule has 0 atom stereocenters. The highest BCUT2D eigenvalue weighted by Crippen LogP contribution is 2.56. The zero-order valence-electron chi connectivity index (χ0n) is 41.2. The molecular weight excluding hydrogens is 893 g/mol. The first-order valence-electron chi connectivity index (χ1n) is 25.6. The van der Waals surface area contributed by atoms with Crippen LogP contribution in [-0.2, 0) is 5.41 Å². The lowest BCUT2D eigenvalue weighted by Crippen LogP contribution is -2.29. The highest BCUT2D eigenvalue weighted by atomic mass is 15.1. The van der Waals surface area contributed by atoms with Crippen molar-refractivity contribution in [3.8, 4) is 39.1 Å². The summed E-state index contributed by atoms with van der Waals surface area (Å²) in [5, 5.41) is 4.87. The van der Waals surface area contributed by atoms with Gasteiger partial charge >= 0.3 is 0 Å². The van der Waals surface area contributed by atoms with E-state index in [9.17, 15) is 0 Å². The predicted octanol–water partition coefficient (Wildman–Crippen LogP) is 19.3. The van der Waals surface area contributed by atoms with E-state index >= 15 is 0 Å². The van der Waals surface area contributed by atoms with Crippen LogP contribution >= 0.6 is 0 Å². The maximum atomic E-state index is 4.37. The minimum Gasteiger partial charge on any atom is -0.310 e. The van der Waals surface area contributed by atoms with E-state index in [-0.39, 0.29) is 0 Å². The zero-order chi connectivity index (χ0) is 49.6. The van der Waals surface area contributed by atoms with Gasteiger partial charge in [0, 0.05) is 33.5 Å². The standard InChI is InChI=1S/C72H52N2/c1-3-21-68-62(4-2)65-43-38-54(48-69(65)72(68,56-27-11-6-12-28-56)57-29-13-7-14-30-57)51-36-40-59(41-37-51)73(58-31-15-8-16-32-58)61-42-45-71-67(49-61)66-47-55(64-35-20-25-52-24-17-18-34-63(52)64)39-44-70(66)74(71)60-33-19-26-53(46-60)50-22-9-5-10-23-50/h3-49H,2H2,1H3/b21-3-. The first-order chi connectivity index (χ1) is 36.6. The lowest BCUT2D eigenvalue weighted by Gasteiger charge is -2.35. The highest BCUT2D eigenvalue weighted by Gasteiger charge is 2.46. The number of nitrogens with zero attached hydrogens (tertiary/aromatic N) is 2. The number of aromatic nitrogens is 1. The quantitative estimate of drug-likeness (QED) is 0.125. The second-order valence-electron chi connectivity index (χ2n) is 19.2. The maximum Gasteiger partial charge on any atom is 0.0713 e. The van der Waals surface area contributed by atoms with Crippen LogP contribution in [-0.4, -0.2) is 4.57 Å². The molecule has 1 aliphatic carbocycles. The average molecular weight is 945 g/mol. The monoisotopic (exact) mass is 944 g/mol. The Balaban J connectivity index is 0.959. The lowest BCUT2D eigenvalue weighted by atomic mass is 9.66. The van der Waals surface area contributed by atoms with E-state index in [1.54, 1.807) is 0 Å². The molecule has 0 unspecified atom stereocenters. The number of benzene rings is 11. The van der Waals surface area contributed by atoms with Crippen molar-refractivity contribution in [3.05, 3.63) is 320 Å². The van der Waals surface area contributed by atoms with Gasteiger partial charge in [-0.3, -0.25) is 0 Å². The molecule has 1 heterocycles. The molecule has 0 radical (unpaired) electrons. The number of fused-ring (bicyclic) bond motifs is 5. The van der Waals surface area contributed by atoms with Crippen LogP contribution < -0.4 is 4.90 Å². The van der Waals surface area contributed by atoms with E-state index in [4.69, 9.17) is 0 Å².